The lowest BCUT2D eigenvalue weighted by molar-refractivity contribution is 0.275. The first-order valence-corrected chi connectivity index (χ1v) is 2.35. The zero-order chi connectivity index (χ0) is 4.50. The second kappa shape index (κ2) is 1.06. The molecular weight excluding hydrogens is 95.0 g/mol. The summed E-state index contributed by atoms with van der Waals surface area (Å²) >= 11 is 0. The summed E-state index contributed by atoms with van der Waals surface area (Å²) in [5.41, 5.74) is 0. The Labute approximate surface area is 31.3 Å². The summed E-state index contributed by atoms with van der Waals surface area (Å²) in [6.45, 7) is 0. The van der Waals surface area contributed by atoms with Gasteiger partial charge in [0.15, 0.2) is 0 Å². The van der Waals surface area contributed by atoms with Gasteiger partial charge in [-0.3, -0.25) is 0 Å². The number of rotatable bonds is 0. The SMILES string of the molecule is O=P(O)(O)O.[H+].[H+]. The van der Waals surface area contributed by atoms with E-state index in [0.717, 1.165) is 0 Å². The molecule has 0 atom stereocenters. The molecular formula is H5O4P+2. The zero-order valence-corrected chi connectivity index (χ0v) is 3.09. The topological polar surface area (TPSA) is 77.8 Å². The lowest BCUT2D eigenvalue weighted by Crippen LogP contribution is -1.66. The van der Waals surface area contributed by atoms with Crippen LogP contribution in [0.2, 0.25) is 0 Å². The molecule has 0 fully saturated rings. The Morgan fingerprint density at radius 1 is 1.40 bits per heavy atom. The average molecular weight is 100 g/mol. The summed E-state index contributed by atoms with van der Waals surface area (Å²) in [6.07, 6.45) is 0. The molecule has 0 unspecified atom stereocenters. The molecule has 0 aromatic rings. The van der Waals surface area contributed by atoms with Crippen LogP contribution in [-0.4, -0.2) is 14.7 Å². The van der Waals surface area contributed by atoms with E-state index in [1.54, 1.807) is 0 Å². The lowest BCUT2D eigenvalue weighted by atomic mass is 15.8. The van der Waals surface area contributed by atoms with E-state index in [-0.39, 0.29) is 2.85 Å². The van der Waals surface area contributed by atoms with E-state index in [2.05, 4.69) is 0 Å². The molecule has 0 amide bonds. The van der Waals surface area contributed by atoms with Crippen molar-refractivity contribution < 1.29 is 22.1 Å². The van der Waals surface area contributed by atoms with Gasteiger partial charge in [-0.1, -0.05) is 0 Å². The highest BCUT2D eigenvalue weighted by molar-refractivity contribution is 7.45. The maximum absolute atomic E-state index is 8.88. The molecule has 5 heteroatoms. The highest BCUT2D eigenvalue weighted by Crippen LogP contribution is 2.25. The van der Waals surface area contributed by atoms with Crippen LogP contribution >= 0.6 is 7.82 Å². The second-order valence-corrected chi connectivity index (χ2v) is 1.54. The van der Waals surface area contributed by atoms with Crippen LogP contribution < -0.4 is 0 Å². The van der Waals surface area contributed by atoms with Crippen molar-refractivity contribution in [3.8, 4) is 0 Å². The van der Waals surface area contributed by atoms with Crippen LogP contribution in [0.15, 0.2) is 0 Å². The van der Waals surface area contributed by atoms with Crippen LogP contribution in [0.1, 0.15) is 2.85 Å². The average Bonchev–Trinajstić information content (AvgIpc) is 0.722. The third kappa shape index (κ3) is 1510. The summed E-state index contributed by atoms with van der Waals surface area (Å²) in [5, 5.41) is 0. The van der Waals surface area contributed by atoms with Crippen LogP contribution in [0, 0.1) is 0 Å². The molecule has 4 nitrogen and oxygen atoms in total. The van der Waals surface area contributed by atoms with Crippen molar-refractivity contribution in [2.45, 2.75) is 0 Å². The summed E-state index contributed by atoms with van der Waals surface area (Å²) in [4.78, 5) is 21.6. The molecule has 0 aliphatic rings. The smallest absolute Gasteiger partial charge is 0.303 e. The van der Waals surface area contributed by atoms with Gasteiger partial charge >= 0.3 is 10.7 Å². The van der Waals surface area contributed by atoms with Crippen molar-refractivity contribution in [2.75, 3.05) is 0 Å². The number of phosphoric acid groups is 1. The van der Waals surface area contributed by atoms with E-state index in [0.29, 0.717) is 0 Å². The van der Waals surface area contributed by atoms with Gasteiger partial charge in [0.25, 0.3) is 0 Å². The van der Waals surface area contributed by atoms with Gasteiger partial charge in [-0.2, -0.15) is 0 Å². The minimum absolute atomic E-state index is 0. The summed E-state index contributed by atoms with van der Waals surface area (Å²) in [7, 11) is -4.64. The van der Waals surface area contributed by atoms with Gasteiger partial charge < -0.3 is 14.7 Å². The molecule has 5 heavy (non-hydrogen) atoms. The largest absolute Gasteiger partial charge is 1.00 e. The van der Waals surface area contributed by atoms with Crippen molar-refractivity contribution in [3.05, 3.63) is 0 Å². The molecule has 0 spiro atoms. The molecule has 3 N–H and O–H groups in total. The highest BCUT2D eigenvalue weighted by atomic mass is 31.2. The molecule has 0 saturated heterocycles. The first-order valence-electron chi connectivity index (χ1n) is 0.783. The molecule has 0 radical (unpaired) electrons. The predicted octanol–water partition coefficient (Wildman–Crippen LogP) is -0.704. The Kier molecular flexibility index (Phi) is 1.09. The standard InChI is InChI=1S/H3O4P/c1-5(2,3)4/h(H3,1,2,3,4)/p+2. The molecule has 0 heterocycles. The Balaban J connectivity index is -0.0000000800. The number of hydrogen-bond acceptors (Lipinski definition) is 1. The predicted molar refractivity (Wildman–Crippen MR) is 16.5 cm³/mol. The minimum atomic E-state index is -4.64. The fourth-order valence-corrected chi connectivity index (χ4v) is 0. The first-order chi connectivity index (χ1) is 2.00. The molecule has 32 valence electrons. The van der Waals surface area contributed by atoms with E-state index in [9.17, 15) is 0 Å². The Morgan fingerprint density at radius 2 is 1.40 bits per heavy atom. The highest BCUT2D eigenvalue weighted by Gasteiger charge is 2.00. The fourth-order valence-electron chi connectivity index (χ4n) is 0. The van der Waals surface area contributed by atoms with Crippen LogP contribution in [0.3, 0.4) is 0 Å². The van der Waals surface area contributed by atoms with Crippen molar-refractivity contribution in [1.82, 2.24) is 0 Å². The van der Waals surface area contributed by atoms with Gasteiger partial charge in [-0.15, -0.1) is 0 Å². The Morgan fingerprint density at radius 3 is 1.40 bits per heavy atom. The van der Waals surface area contributed by atoms with Gasteiger partial charge in [0.1, 0.15) is 0 Å². The first kappa shape index (κ1) is 5.11. The van der Waals surface area contributed by atoms with Gasteiger partial charge in [0, 0.05) is 0 Å². The second-order valence-electron chi connectivity index (χ2n) is 0.513. The van der Waals surface area contributed by atoms with Crippen molar-refractivity contribution in [1.29, 1.82) is 0 Å². The Hall–Kier alpha value is 0.110. The monoisotopic (exact) mass is 100.0 g/mol. The van der Waals surface area contributed by atoms with E-state index in [1.165, 1.54) is 0 Å². The van der Waals surface area contributed by atoms with E-state index in [4.69, 9.17) is 19.2 Å². The fraction of sp³-hybridized carbons (Fsp3) is 0. The third-order valence-corrected chi connectivity index (χ3v) is 0. The van der Waals surface area contributed by atoms with Gasteiger partial charge in [-0.25, -0.2) is 4.57 Å². The van der Waals surface area contributed by atoms with Crippen molar-refractivity contribution in [2.24, 2.45) is 0 Å². The summed E-state index contributed by atoms with van der Waals surface area (Å²) in [5.74, 6) is 0. The van der Waals surface area contributed by atoms with Crippen LogP contribution in [0.4, 0.5) is 0 Å². The maximum Gasteiger partial charge on any atom is 1.00 e. The molecule has 0 rings (SSSR count). The zero-order valence-electron chi connectivity index (χ0n) is 4.20. The molecule has 0 aromatic heterocycles. The minimum Gasteiger partial charge on any atom is -0.303 e. The number of hydrogen-bond donors (Lipinski definition) is 3. The maximum atomic E-state index is 8.88. The van der Waals surface area contributed by atoms with Crippen LogP contribution in [0.5, 0.6) is 0 Å². The van der Waals surface area contributed by atoms with E-state index >= 15 is 0 Å². The molecule has 0 aromatic carbocycles. The van der Waals surface area contributed by atoms with Gasteiger partial charge in [-0.05, 0) is 0 Å². The quantitative estimate of drug-likeness (QED) is 0.351. The van der Waals surface area contributed by atoms with Gasteiger partial charge in [0.05, 0.1) is 0 Å². The van der Waals surface area contributed by atoms with Crippen LogP contribution in [-0.2, 0) is 4.57 Å². The molecule has 0 bridgehead atoms. The van der Waals surface area contributed by atoms with Gasteiger partial charge in [0.2, 0.25) is 0 Å². The summed E-state index contributed by atoms with van der Waals surface area (Å²) in [6, 6.07) is 0. The normalized spacial score (nSPS) is 11.8. The Bertz CT molecular complexity index is 55.8. The lowest BCUT2D eigenvalue weighted by Gasteiger charge is -1.82. The third-order valence-electron chi connectivity index (χ3n) is 0. The molecule has 0 aliphatic carbocycles. The molecule has 0 aliphatic heterocycles. The van der Waals surface area contributed by atoms with E-state index < -0.39 is 7.82 Å². The van der Waals surface area contributed by atoms with Crippen LogP contribution in [0.25, 0.3) is 0 Å². The van der Waals surface area contributed by atoms with Crippen molar-refractivity contribution >= 4 is 7.82 Å². The van der Waals surface area contributed by atoms with E-state index in [1.807, 2.05) is 0 Å². The van der Waals surface area contributed by atoms with Crippen molar-refractivity contribution in [3.63, 3.8) is 0 Å². The summed E-state index contributed by atoms with van der Waals surface area (Å²) < 4.78 is 8.88. The molecule has 0 saturated carbocycles.